The summed E-state index contributed by atoms with van der Waals surface area (Å²) in [7, 11) is -3.34. The first kappa shape index (κ1) is 14.9. The molecule has 0 saturated carbocycles. The summed E-state index contributed by atoms with van der Waals surface area (Å²) in [4.78, 5) is 0. The van der Waals surface area contributed by atoms with E-state index in [1.807, 2.05) is 13.8 Å². The first-order valence-electron chi connectivity index (χ1n) is 6.38. The molecule has 1 aliphatic rings. The number of hydrogen-bond acceptors (Lipinski definition) is 3. The molecule has 1 aliphatic heterocycles. The van der Waals surface area contributed by atoms with Crippen LogP contribution in [0, 0.1) is 11.8 Å². The van der Waals surface area contributed by atoms with Gasteiger partial charge in [0.05, 0.1) is 0 Å². The molecule has 17 heavy (non-hydrogen) atoms. The average molecular weight is 263 g/mol. The van der Waals surface area contributed by atoms with Crippen molar-refractivity contribution in [3.8, 4) is 0 Å². The van der Waals surface area contributed by atoms with Crippen LogP contribution in [0.5, 0.6) is 0 Å². The van der Waals surface area contributed by atoms with Crippen molar-refractivity contribution in [2.24, 2.45) is 11.8 Å². The van der Waals surface area contributed by atoms with Gasteiger partial charge in [-0.3, -0.25) is 0 Å². The summed E-state index contributed by atoms with van der Waals surface area (Å²) in [6.45, 7) is 8.04. The lowest BCUT2D eigenvalue weighted by Gasteiger charge is -2.30. The number of hydrogen-bond donors (Lipinski definition) is 3. The molecule has 1 fully saturated rings. The van der Waals surface area contributed by atoms with Crippen molar-refractivity contribution in [2.75, 3.05) is 19.6 Å². The van der Waals surface area contributed by atoms with Gasteiger partial charge in [0.2, 0.25) is 0 Å². The fourth-order valence-electron chi connectivity index (χ4n) is 1.91. The van der Waals surface area contributed by atoms with E-state index < -0.39 is 10.2 Å². The Morgan fingerprint density at radius 1 is 1.35 bits per heavy atom. The van der Waals surface area contributed by atoms with Gasteiger partial charge in [0.1, 0.15) is 0 Å². The maximum Gasteiger partial charge on any atom is 0.276 e. The molecule has 6 heteroatoms. The molecule has 0 aromatic carbocycles. The van der Waals surface area contributed by atoms with E-state index >= 15 is 0 Å². The van der Waals surface area contributed by atoms with Gasteiger partial charge in [0.25, 0.3) is 10.2 Å². The summed E-state index contributed by atoms with van der Waals surface area (Å²) in [6.07, 6.45) is 2.34. The van der Waals surface area contributed by atoms with Crippen molar-refractivity contribution in [2.45, 2.75) is 39.7 Å². The van der Waals surface area contributed by atoms with Crippen LogP contribution in [0.2, 0.25) is 0 Å². The zero-order valence-electron chi connectivity index (χ0n) is 11.0. The number of rotatable bonds is 6. The Hall–Kier alpha value is -0.170. The van der Waals surface area contributed by atoms with Crippen LogP contribution in [0.4, 0.5) is 0 Å². The summed E-state index contributed by atoms with van der Waals surface area (Å²) in [5.74, 6) is 0.842. The first-order valence-corrected chi connectivity index (χ1v) is 7.86. The van der Waals surface area contributed by atoms with Gasteiger partial charge in [0.15, 0.2) is 0 Å². The van der Waals surface area contributed by atoms with Crippen molar-refractivity contribution in [1.82, 2.24) is 14.8 Å². The molecule has 5 nitrogen and oxygen atoms in total. The van der Waals surface area contributed by atoms with E-state index in [-0.39, 0.29) is 6.04 Å². The molecule has 102 valence electrons. The Labute approximate surface area is 105 Å². The second kappa shape index (κ2) is 6.68. The standard InChI is InChI=1S/C11H25N3O2S/c1-9(2)7-13-17(15,16)14-8-11-10(3)5-4-6-12-11/h9-14H,4-8H2,1-3H3. The van der Waals surface area contributed by atoms with E-state index in [1.165, 1.54) is 12.8 Å². The first-order chi connectivity index (χ1) is 7.91. The van der Waals surface area contributed by atoms with Crippen LogP contribution in [-0.2, 0) is 10.2 Å². The molecule has 0 aromatic heterocycles. The predicted molar refractivity (Wildman–Crippen MR) is 70.0 cm³/mol. The van der Waals surface area contributed by atoms with Crippen LogP contribution in [0.3, 0.4) is 0 Å². The van der Waals surface area contributed by atoms with Crippen LogP contribution >= 0.6 is 0 Å². The molecule has 0 amide bonds. The van der Waals surface area contributed by atoms with Gasteiger partial charge in [-0.15, -0.1) is 0 Å². The molecule has 0 radical (unpaired) electrons. The van der Waals surface area contributed by atoms with Crippen molar-refractivity contribution in [3.63, 3.8) is 0 Å². The maximum absolute atomic E-state index is 11.6. The highest BCUT2D eigenvalue weighted by atomic mass is 32.2. The van der Waals surface area contributed by atoms with Gasteiger partial charge < -0.3 is 5.32 Å². The minimum absolute atomic E-state index is 0.249. The monoisotopic (exact) mass is 263 g/mol. The highest BCUT2D eigenvalue weighted by Crippen LogP contribution is 2.14. The van der Waals surface area contributed by atoms with E-state index in [1.54, 1.807) is 0 Å². The van der Waals surface area contributed by atoms with Gasteiger partial charge >= 0.3 is 0 Å². The smallest absolute Gasteiger partial charge is 0.276 e. The Balaban J connectivity index is 2.33. The van der Waals surface area contributed by atoms with Gasteiger partial charge in [-0.2, -0.15) is 8.42 Å². The third-order valence-electron chi connectivity index (χ3n) is 3.10. The lowest BCUT2D eigenvalue weighted by Crippen LogP contribution is -2.50. The Morgan fingerprint density at radius 3 is 2.65 bits per heavy atom. The molecular formula is C11H25N3O2S. The molecule has 0 aliphatic carbocycles. The molecular weight excluding hydrogens is 238 g/mol. The van der Waals surface area contributed by atoms with Crippen LogP contribution in [-0.4, -0.2) is 34.1 Å². The zero-order valence-corrected chi connectivity index (χ0v) is 11.8. The molecule has 1 rings (SSSR count). The minimum Gasteiger partial charge on any atom is -0.312 e. The molecule has 0 spiro atoms. The second-order valence-electron chi connectivity index (χ2n) is 5.27. The van der Waals surface area contributed by atoms with E-state index in [0.29, 0.717) is 24.9 Å². The molecule has 1 heterocycles. The van der Waals surface area contributed by atoms with Crippen molar-refractivity contribution in [3.05, 3.63) is 0 Å². The van der Waals surface area contributed by atoms with E-state index in [9.17, 15) is 8.42 Å². The van der Waals surface area contributed by atoms with Crippen LogP contribution < -0.4 is 14.8 Å². The molecule has 1 saturated heterocycles. The third-order valence-corrected chi connectivity index (χ3v) is 4.20. The Bertz CT molecular complexity index is 317. The summed E-state index contributed by atoms with van der Waals surface area (Å²) < 4.78 is 28.4. The topological polar surface area (TPSA) is 70.2 Å². The third kappa shape index (κ3) is 5.81. The molecule has 0 bridgehead atoms. The van der Waals surface area contributed by atoms with Crippen LogP contribution in [0.1, 0.15) is 33.6 Å². The van der Waals surface area contributed by atoms with Crippen LogP contribution in [0.25, 0.3) is 0 Å². The lowest BCUT2D eigenvalue weighted by atomic mass is 9.93. The maximum atomic E-state index is 11.6. The van der Waals surface area contributed by atoms with E-state index in [4.69, 9.17) is 0 Å². The quantitative estimate of drug-likeness (QED) is 0.652. The SMILES string of the molecule is CC(C)CNS(=O)(=O)NCC1NCCCC1C. The van der Waals surface area contributed by atoms with Crippen molar-refractivity contribution < 1.29 is 8.42 Å². The summed E-state index contributed by atoms with van der Waals surface area (Å²) in [5.41, 5.74) is 0. The summed E-state index contributed by atoms with van der Waals surface area (Å²) in [6, 6.07) is 0.249. The molecule has 3 N–H and O–H groups in total. The summed E-state index contributed by atoms with van der Waals surface area (Å²) in [5, 5.41) is 3.35. The lowest BCUT2D eigenvalue weighted by molar-refractivity contribution is 0.300. The fraction of sp³-hybridized carbons (Fsp3) is 1.00. The van der Waals surface area contributed by atoms with Crippen molar-refractivity contribution in [1.29, 1.82) is 0 Å². The molecule has 2 atom stereocenters. The molecule has 2 unspecified atom stereocenters. The number of piperidine rings is 1. The summed E-state index contributed by atoms with van der Waals surface area (Å²) >= 11 is 0. The molecule has 0 aromatic rings. The average Bonchev–Trinajstić information content (AvgIpc) is 2.26. The van der Waals surface area contributed by atoms with Crippen molar-refractivity contribution >= 4 is 10.2 Å². The Morgan fingerprint density at radius 2 is 2.06 bits per heavy atom. The highest BCUT2D eigenvalue weighted by molar-refractivity contribution is 7.87. The fourth-order valence-corrected chi connectivity index (χ4v) is 2.97. The van der Waals surface area contributed by atoms with Gasteiger partial charge in [-0.05, 0) is 31.2 Å². The highest BCUT2D eigenvalue weighted by Gasteiger charge is 2.22. The van der Waals surface area contributed by atoms with E-state index in [0.717, 1.165) is 6.54 Å². The second-order valence-corrected chi connectivity index (χ2v) is 6.86. The van der Waals surface area contributed by atoms with Crippen LogP contribution in [0.15, 0.2) is 0 Å². The minimum atomic E-state index is -3.34. The van der Waals surface area contributed by atoms with Gasteiger partial charge in [-0.25, -0.2) is 9.44 Å². The van der Waals surface area contributed by atoms with Gasteiger partial charge in [-0.1, -0.05) is 20.8 Å². The normalized spacial score (nSPS) is 26.4. The zero-order chi connectivity index (χ0) is 12.9. The van der Waals surface area contributed by atoms with Gasteiger partial charge in [0, 0.05) is 19.1 Å². The largest absolute Gasteiger partial charge is 0.312 e. The Kier molecular flexibility index (Phi) is 5.85. The van der Waals surface area contributed by atoms with E-state index in [2.05, 4.69) is 21.7 Å². The number of nitrogens with one attached hydrogen (secondary N) is 3. The predicted octanol–water partition coefficient (Wildman–Crippen LogP) is 0.455.